The fourth-order valence-electron chi connectivity index (χ4n) is 3.43. The minimum absolute atomic E-state index is 0.229. The second kappa shape index (κ2) is 11.5. The van der Waals surface area contributed by atoms with E-state index in [0.29, 0.717) is 26.2 Å². The van der Waals surface area contributed by atoms with E-state index in [1.165, 1.54) is 17.7 Å². The number of aliphatic hydroxyl groups excluding tert-OH is 1. The van der Waals surface area contributed by atoms with Crippen molar-refractivity contribution < 1.29 is 14.2 Å². The minimum atomic E-state index is -0.589. The smallest absolute Gasteiger partial charge is 0.123 e. The molecule has 1 unspecified atom stereocenters. The van der Waals surface area contributed by atoms with Gasteiger partial charge in [-0.3, -0.25) is 4.90 Å². The summed E-state index contributed by atoms with van der Waals surface area (Å²) < 4.78 is 20.8. The molecule has 1 atom stereocenters. The van der Waals surface area contributed by atoms with Gasteiger partial charge in [0.1, 0.15) is 5.82 Å². The zero-order chi connectivity index (χ0) is 21.2. The fraction of sp³-hybridized carbons (Fsp3) is 0.280. The topological polar surface area (TPSA) is 37.6 Å². The molecule has 0 radical (unpaired) electrons. The second-order valence-electron chi connectivity index (χ2n) is 7.39. The molecule has 1 heterocycles. The first-order valence-corrected chi connectivity index (χ1v) is 10.2. The molecule has 0 aliphatic heterocycles. The Bertz CT molecular complexity index is 893. The second-order valence-corrected chi connectivity index (χ2v) is 7.39. The summed E-state index contributed by atoms with van der Waals surface area (Å²) in [4.78, 5) is 2.22. The van der Waals surface area contributed by atoms with Gasteiger partial charge in [0, 0.05) is 38.1 Å². The van der Waals surface area contributed by atoms with E-state index < -0.39 is 6.10 Å². The summed E-state index contributed by atoms with van der Waals surface area (Å²) in [5.74, 6) is -0.229. The third kappa shape index (κ3) is 6.95. The van der Waals surface area contributed by atoms with Gasteiger partial charge in [0.2, 0.25) is 0 Å². The lowest BCUT2D eigenvalue weighted by atomic mass is 10.2. The molecule has 0 saturated carbocycles. The number of rotatable bonds is 12. The molecule has 0 amide bonds. The maximum absolute atomic E-state index is 13.2. The summed E-state index contributed by atoms with van der Waals surface area (Å²) >= 11 is 0. The van der Waals surface area contributed by atoms with Crippen LogP contribution in [0.3, 0.4) is 0 Å². The lowest BCUT2D eigenvalue weighted by molar-refractivity contribution is 0.0224. The standard InChI is InChI=1S/C25H29FN2O2/c1-2-15-30-20-25(29)19-27(16-21-7-4-3-5-8-21)18-24-9-6-14-28(24)17-22-10-12-23(26)13-11-22/h2-14,25,29H,1,15-20H2. The van der Waals surface area contributed by atoms with Crippen molar-refractivity contribution in [1.29, 1.82) is 0 Å². The van der Waals surface area contributed by atoms with Crippen LogP contribution in [0, 0.1) is 5.82 Å². The van der Waals surface area contributed by atoms with Gasteiger partial charge in [0.05, 0.1) is 19.3 Å². The van der Waals surface area contributed by atoms with Crippen LogP contribution in [0.25, 0.3) is 0 Å². The zero-order valence-corrected chi connectivity index (χ0v) is 17.2. The zero-order valence-electron chi connectivity index (χ0n) is 17.2. The molecule has 2 aromatic carbocycles. The lowest BCUT2D eigenvalue weighted by Crippen LogP contribution is -2.35. The van der Waals surface area contributed by atoms with Gasteiger partial charge >= 0.3 is 0 Å². The molecule has 158 valence electrons. The Balaban J connectivity index is 1.69. The molecule has 0 spiro atoms. The van der Waals surface area contributed by atoms with Crippen LogP contribution in [0.1, 0.15) is 16.8 Å². The van der Waals surface area contributed by atoms with Gasteiger partial charge in [-0.25, -0.2) is 4.39 Å². The summed E-state index contributed by atoms with van der Waals surface area (Å²) in [5.41, 5.74) is 3.36. The number of hydrogen-bond acceptors (Lipinski definition) is 3. The Morgan fingerprint density at radius 1 is 1.00 bits per heavy atom. The van der Waals surface area contributed by atoms with Gasteiger partial charge in [-0.1, -0.05) is 48.5 Å². The van der Waals surface area contributed by atoms with Crippen LogP contribution in [0.4, 0.5) is 4.39 Å². The first-order chi connectivity index (χ1) is 14.6. The Kier molecular flexibility index (Phi) is 8.39. The third-order valence-electron chi connectivity index (χ3n) is 4.84. The fourth-order valence-corrected chi connectivity index (χ4v) is 3.43. The molecule has 0 aliphatic carbocycles. The number of aliphatic hydroxyl groups is 1. The first kappa shape index (κ1) is 22.0. The van der Waals surface area contributed by atoms with Crippen LogP contribution in [0.5, 0.6) is 0 Å². The van der Waals surface area contributed by atoms with E-state index in [9.17, 15) is 9.50 Å². The van der Waals surface area contributed by atoms with Crippen LogP contribution in [-0.4, -0.2) is 40.4 Å². The SMILES string of the molecule is C=CCOCC(O)CN(Cc1ccccc1)Cc1cccn1Cc1ccc(F)cc1. The molecule has 30 heavy (non-hydrogen) atoms. The van der Waals surface area contributed by atoms with Crippen molar-refractivity contribution in [2.75, 3.05) is 19.8 Å². The Labute approximate surface area is 177 Å². The van der Waals surface area contributed by atoms with Crippen molar-refractivity contribution in [1.82, 2.24) is 9.47 Å². The quantitative estimate of drug-likeness (QED) is 0.360. The van der Waals surface area contributed by atoms with E-state index in [1.54, 1.807) is 6.08 Å². The van der Waals surface area contributed by atoms with Crippen molar-refractivity contribution in [3.05, 3.63) is 108 Å². The van der Waals surface area contributed by atoms with Crippen molar-refractivity contribution in [2.24, 2.45) is 0 Å². The van der Waals surface area contributed by atoms with Crippen molar-refractivity contribution in [2.45, 2.75) is 25.7 Å². The highest BCUT2D eigenvalue weighted by molar-refractivity contribution is 5.19. The third-order valence-corrected chi connectivity index (χ3v) is 4.84. The molecule has 0 aliphatic rings. The number of benzene rings is 2. The molecule has 1 aromatic heterocycles. The van der Waals surface area contributed by atoms with Crippen LogP contribution in [-0.2, 0) is 24.4 Å². The van der Waals surface area contributed by atoms with Crippen molar-refractivity contribution >= 4 is 0 Å². The Morgan fingerprint density at radius 3 is 2.50 bits per heavy atom. The maximum Gasteiger partial charge on any atom is 0.123 e. The average Bonchev–Trinajstić information content (AvgIpc) is 3.17. The van der Waals surface area contributed by atoms with Gasteiger partial charge < -0.3 is 14.4 Å². The molecule has 3 aromatic rings. The minimum Gasteiger partial charge on any atom is -0.389 e. The van der Waals surface area contributed by atoms with Crippen molar-refractivity contribution in [3.63, 3.8) is 0 Å². The number of nitrogens with zero attached hydrogens (tertiary/aromatic N) is 2. The van der Waals surface area contributed by atoms with Crippen LogP contribution in [0.2, 0.25) is 0 Å². The molecule has 4 nitrogen and oxygen atoms in total. The molecular weight excluding hydrogens is 379 g/mol. The summed E-state index contributed by atoms with van der Waals surface area (Å²) in [7, 11) is 0. The van der Waals surface area contributed by atoms with E-state index >= 15 is 0 Å². The summed E-state index contributed by atoms with van der Waals surface area (Å²) in [6, 6.07) is 20.9. The van der Waals surface area contributed by atoms with Gasteiger partial charge in [-0.15, -0.1) is 6.58 Å². The van der Waals surface area contributed by atoms with E-state index in [-0.39, 0.29) is 12.4 Å². The predicted molar refractivity (Wildman–Crippen MR) is 118 cm³/mol. The molecule has 0 saturated heterocycles. The normalized spacial score (nSPS) is 12.2. The molecular formula is C25H29FN2O2. The van der Waals surface area contributed by atoms with E-state index in [0.717, 1.165) is 17.8 Å². The number of ether oxygens (including phenoxy) is 1. The van der Waals surface area contributed by atoms with Gasteiger partial charge in [-0.2, -0.15) is 0 Å². The molecule has 3 rings (SSSR count). The van der Waals surface area contributed by atoms with Crippen LogP contribution in [0.15, 0.2) is 85.6 Å². The van der Waals surface area contributed by atoms with E-state index in [2.05, 4.69) is 34.2 Å². The molecule has 0 fully saturated rings. The summed E-state index contributed by atoms with van der Waals surface area (Å²) in [6.07, 6.45) is 3.12. The maximum atomic E-state index is 13.2. The summed E-state index contributed by atoms with van der Waals surface area (Å²) in [5, 5.41) is 10.4. The largest absolute Gasteiger partial charge is 0.389 e. The first-order valence-electron chi connectivity index (χ1n) is 10.2. The average molecular weight is 409 g/mol. The van der Waals surface area contributed by atoms with Gasteiger partial charge in [0.15, 0.2) is 0 Å². The summed E-state index contributed by atoms with van der Waals surface area (Å²) in [6.45, 7) is 6.90. The predicted octanol–water partition coefficient (Wildman–Crippen LogP) is 4.24. The Hall–Kier alpha value is -2.73. The van der Waals surface area contributed by atoms with Crippen LogP contribution < -0.4 is 0 Å². The Morgan fingerprint density at radius 2 is 1.77 bits per heavy atom. The number of hydrogen-bond donors (Lipinski definition) is 1. The lowest BCUT2D eigenvalue weighted by Gasteiger charge is -2.26. The van der Waals surface area contributed by atoms with E-state index in [4.69, 9.17) is 4.74 Å². The monoisotopic (exact) mass is 408 g/mol. The highest BCUT2D eigenvalue weighted by Crippen LogP contribution is 2.14. The molecule has 5 heteroatoms. The highest BCUT2D eigenvalue weighted by atomic mass is 19.1. The highest BCUT2D eigenvalue weighted by Gasteiger charge is 2.15. The van der Waals surface area contributed by atoms with Crippen LogP contribution >= 0.6 is 0 Å². The van der Waals surface area contributed by atoms with Gasteiger partial charge in [0.25, 0.3) is 0 Å². The molecule has 1 N–H and O–H groups in total. The number of halogens is 1. The van der Waals surface area contributed by atoms with Gasteiger partial charge in [-0.05, 0) is 35.4 Å². The van der Waals surface area contributed by atoms with Crippen molar-refractivity contribution in [3.8, 4) is 0 Å². The number of aromatic nitrogens is 1. The molecule has 0 bridgehead atoms. The van der Waals surface area contributed by atoms with E-state index in [1.807, 2.05) is 42.6 Å².